The van der Waals surface area contributed by atoms with Crippen molar-refractivity contribution in [2.75, 3.05) is 0 Å². The summed E-state index contributed by atoms with van der Waals surface area (Å²) in [6.07, 6.45) is 4.43. The average Bonchev–Trinajstić information content (AvgIpc) is 2.27. The van der Waals surface area contributed by atoms with E-state index in [9.17, 15) is 0 Å². The number of fused-ring (bicyclic) bond motifs is 1. The molecule has 2 nitrogen and oxygen atoms in total. The molecule has 0 saturated carbocycles. The molecule has 0 aromatic heterocycles. The van der Waals surface area contributed by atoms with Gasteiger partial charge in [0, 0.05) is 12.1 Å². The third-order valence-corrected chi connectivity index (χ3v) is 3.59. The van der Waals surface area contributed by atoms with E-state index in [2.05, 4.69) is 56.0 Å². The van der Waals surface area contributed by atoms with Crippen molar-refractivity contribution in [2.24, 2.45) is 5.73 Å². The lowest BCUT2D eigenvalue weighted by Crippen LogP contribution is -2.46. The molecule has 0 saturated heterocycles. The second-order valence-corrected chi connectivity index (χ2v) is 5.42. The molecule has 2 heteroatoms. The molecule has 0 bridgehead atoms. The molecule has 0 aliphatic carbocycles. The molecule has 1 aliphatic heterocycles. The first-order chi connectivity index (χ1) is 8.04. The highest BCUT2D eigenvalue weighted by Gasteiger charge is 2.29. The standard InChI is InChI=1S/C15H22N2/c1-4-9-15(2,3)17-11-13-8-6-5-7-12(13)10-14(17)16/h5-8,10H,4,9,11,16H2,1-3H3. The average molecular weight is 230 g/mol. The second-order valence-electron chi connectivity index (χ2n) is 5.42. The Labute approximate surface area is 104 Å². The van der Waals surface area contributed by atoms with Gasteiger partial charge in [-0.2, -0.15) is 0 Å². The van der Waals surface area contributed by atoms with Crippen LogP contribution in [0.1, 0.15) is 44.7 Å². The fourth-order valence-corrected chi connectivity index (χ4v) is 2.63. The summed E-state index contributed by atoms with van der Waals surface area (Å²) in [7, 11) is 0. The van der Waals surface area contributed by atoms with Crippen molar-refractivity contribution in [1.29, 1.82) is 0 Å². The maximum Gasteiger partial charge on any atom is 0.1000 e. The van der Waals surface area contributed by atoms with Crippen molar-refractivity contribution >= 4 is 6.08 Å². The molecule has 2 rings (SSSR count). The zero-order valence-electron chi connectivity index (χ0n) is 11.0. The molecule has 1 aromatic carbocycles. The van der Waals surface area contributed by atoms with Crippen LogP contribution in [0.25, 0.3) is 6.08 Å². The van der Waals surface area contributed by atoms with Gasteiger partial charge >= 0.3 is 0 Å². The number of rotatable bonds is 3. The summed E-state index contributed by atoms with van der Waals surface area (Å²) in [5, 5.41) is 0. The predicted molar refractivity (Wildman–Crippen MR) is 73.1 cm³/mol. The highest BCUT2D eigenvalue weighted by molar-refractivity contribution is 5.58. The van der Waals surface area contributed by atoms with Gasteiger partial charge in [0.05, 0.1) is 5.82 Å². The quantitative estimate of drug-likeness (QED) is 0.863. The summed E-state index contributed by atoms with van der Waals surface area (Å²) >= 11 is 0. The van der Waals surface area contributed by atoms with Gasteiger partial charge in [-0.3, -0.25) is 0 Å². The van der Waals surface area contributed by atoms with Crippen LogP contribution >= 0.6 is 0 Å². The van der Waals surface area contributed by atoms with Crippen molar-refractivity contribution in [3.05, 3.63) is 41.2 Å². The maximum absolute atomic E-state index is 6.20. The summed E-state index contributed by atoms with van der Waals surface area (Å²) in [5.41, 5.74) is 8.95. The van der Waals surface area contributed by atoms with E-state index in [1.54, 1.807) is 0 Å². The molecule has 92 valence electrons. The minimum absolute atomic E-state index is 0.128. The highest BCUT2D eigenvalue weighted by atomic mass is 15.3. The van der Waals surface area contributed by atoms with Gasteiger partial charge in [0.25, 0.3) is 0 Å². The normalized spacial score (nSPS) is 15.5. The molecule has 0 fully saturated rings. The van der Waals surface area contributed by atoms with Crippen LogP contribution < -0.4 is 5.73 Å². The molecule has 1 aromatic rings. The van der Waals surface area contributed by atoms with Gasteiger partial charge in [0.2, 0.25) is 0 Å². The summed E-state index contributed by atoms with van der Waals surface area (Å²) in [6.45, 7) is 7.68. The second kappa shape index (κ2) is 4.44. The van der Waals surface area contributed by atoms with Crippen molar-refractivity contribution < 1.29 is 0 Å². The Morgan fingerprint density at radius 2 is 2.00 bits per heavy atom. The van der Waals surface area contributed by atoms with Gasteiger partial charge in [-0.15, -0.1) is 0 Å². The first-order valence-electron chi connectivity index (χ1n) is 6.37. The van der Waals surface area contributed by atoms with Crippen LogP contribution in [-0.4, -0.2) is 10.4 Å². The molecule has 0 unspecified atom stereocenters. The molecule has 0 radical (unpaired) electrons. The Morgan fingerprint density at radius 1 is 1.29 bits per heavy atom. The predicted octanol–water partition coefficient (Wildman–Crippen LogP) is 3.34. The zero-order chi connectivity index (χ0) is 12.5. The van der Waals surface area contributed by atoms with E-state index < -0.39 is 0 Å². The van der Waals surface area contributed by atoms with Gasteiger partial charge in [-0.1, -0.05) is 37.6 Å². The molecule has 1 heterocycles. The summed E-state index contributed by atoms with van der Waals surface area (Å²) < 4.78 is 0. The minimum atomic E-state index is 0.128. The van der Waals surface area contributed by atoms with Gasteiger partial charge in [-0.05, 0) is 37.5 Å². The van der Waals surface area contributed by atoms with Crippen molar-refractivity contribution in [2.45, 2.75) is 45.7 Å². The molecule has 17 heavy (non-hydrogen) atoms. The number of hydrogen-bond acceptors (Lipinski definition) is 2. The summed E-state index contributed by atoms with van der Waals surface area (Å²) in [5.74, 6) is 0.891. The molecule has 2 N–H and O–H groups in total. The van der Waals surface area contributed by atoms with Crippen LogP contribution in [0, 0.1) is 0 Å². The number of nitrogens with two attached hydrogens (primary N) is 1. The number of benzene rings is 1. The van der Waals surface area contributed by atoms with Crippen molar-refractivity contribution in [3.8, 4) is 0 Å². The Hall–Kier alpha value is -1.44. The lowest BCUT2D eigenvalue weighted by atomic mass is 9.93. The molecular weight excluding hydrogens is 208 g/mol. The van der Waals surface area contributed by atoms with E-state index >= 15 is 0 Å². The monoisotopic (exact) mass is 230 g/mol. The topological polar surface area (TPSA) is 29.3 Å². The van der Waals surface area contributed by atoms with Crippen molar-refractivity contribution in [1.82, 2.24) is 4.90 Å². The Kier molecular flexibility index (Phi) is 3.14. The SMILES string of the molecule is CCCC(C)(C)N1Cc2ccccc2C=C1N. The fourth-order valence-electron chi connectivity index (χ4n) is 2.63. The van der Waals surface area contributed by atoms with Crippen LogP contribution in [0.4, 0.5) is 0 Å². The fraction of sp³-hybridized carbons (Fsp3) is 0.467. The minimum Gasteiger partial charge on any atom is -0.385 e. The van der Waals surface area contributed by atoms with Crippen LogP contribution in [0.5, 0.6) is 0 Å². The molecule has 0 spiro atoms. The lowest BCUT2D eigenvalue weighted by Gasteiger charge is -2.42. The van der Waals surface area contributed by atoms with E-state index in [-0.39, 0.29) is 5.54 Å². The van der Waals surface area contributed by atoms with Gasteiger partial charge < -0.3 is 10.6 Å². The summed E-state index contributed by atoms with van der Waals surface area (Å²) in [6, 6.07) is 8.48. The van der Waals surface area contributed by atoms with Gasteiger partial charge in [0.15, 0.2) is 0 Å². The van der Waals surface area contributed by atoms with Crippen LogP contribution in [0.15, 0.2) is 30.1 Å². The lowest BCUT2D eigenvalue weighted by molar-refractivity contribution is 0.142. The van der Waals surface area contributed by atoms with Crippen LogP contribution in [0.2, 0.25) is 0 Å². The smallest absolute Gasteiger partial charge is 0.1000 e. The summed E-state index contributed by atoms with van der Waals surface area (Å²) in [4.78, 5) is 2.32. The number of nitrogens with zero attached hydrogens (tertiary/aromatic N) is 1. The third kappa shape index (κ3) is 2.31. The van der Waals surface area contributed by atoms with E-state index in [0.29, 0.717) is 0 Å². The highest BCUT2D eigenvalue weighted by Crippen LogP contribution is 2.30. The third-order valence-electron chi connectivity index (χ3n) is 3.59. The zero-order valence-corrected chi connectivity index (χ0v) is 11.0. The first-order valence-corrected chi connectivity index (χ1v) is 6.37. The molecule has 0 amide bonds. The van der Waals surface area contributed by atoms with E-state index in [0.717, 1.165) is 18.8 Å². The Morgan fingerprint density at radius 3 is 2.71 bits per heavy atom. The molecule has 1 aliphatic rings. The maximum atomic E-state index is 6.20. The van der Waals surface area contributed by atoms with Crippen LogP contribution in [-0.2, 0) is 6.54 Å². The van der Waals surface area contributed by atoms with Crippen molar-refractivity contribution in [3.63, 3.8) is 0 Å². The van der Waals surface area contributed by atoms with Crippen LogP contribution in [0.3, 0.4) is 0 Å². The van der Waals surface area contributed by atoms with Gasteiger partial charge in [-0.25, -0.2) is 0 Å². The van der Waals surface area contributed by atoms with Gasteiger partial charge in [0.1, 0.15) is 0 Å². The van der Waals surface area contributed by atoms with E-state index in [1.807, 2.05) is 0 Å². The van der Waals surface area contributed by atoms with E-state index in [4.69, 9.17) is 5.73 Å². The largest absolute Gasteiger partial charge is 0.385 e. The first kappa shape index (κ1) is 12.0. The number of hydrogen-bond donors (Lipinski definition) is 1. The molecule has 0 atom stereocenters. The van der Waals surface area contributed by atoms with E-state index in [1.165, 1.54) is 17.5 Å². The molecular formula is C15H22N2. The Balaban J connectivity index is 2.31. The Bertz CT molecular complexity index is 432.